The van der Waals surface area contributed by atoms with Gasteiger partial charge >= 0.3 is 5.97 Å². The zero-order valence-electron chi connectivity index (χ0n) is 7.99. The minimum absolute atomic E-state index is 0.189. The molecule has 1 amide bonds. The SMILES string of the molecule is CC(=O)OCC(=O)Nc1cccnc1Cl. The van der Waals surface area contributed by atoms with Crippen molar-refractivity contribution in [2.45, 2.75) is 6.92 Å². The van der Waals surface area contributed by atoms with Gasteiger partial charge in [0.2, 0.25) is 0 Å². The molecule has 0 aliphatic rings. The number of esters is 1. The van der Waals surface area contributed by atoms with Crippen LogP contribution in [0.5, 0.6) is 0 Å². The van der Waals surface area contributed by atoms with Crippen molar-refractivity contribution in [1.29, 1.82) is 0 Å². The molecule has 0 aromatic carbocycles. The average molecular weight is 229 g/mol. The van der Waals surface area contributed by atoms with E-state index < -0.39 is 11.9 Å². The van der Waals surface area contributed by atoms with E-state index in [4.69, 9.17) is 11.6 Å². The molecular weight excluding hydrogens is 220 g/mol. The largest absolute Gasteiger partial charge is 0.456 e. The third-order valence-corrected chi connectivity index (χ3v) is 1.74. The molecule has 0 radical (unpaired) electrons. The fourth-order valence-corrected chi connectivity index (χ4v) is 0.999. The minimum atomic E-state index is -0.512. The van der Waals surface area contributed by atoms with Gasteiger partial charge in [-0.15, -0.1) is 0 Å². The Kier molecular flexibility index (Phi) is 4.05. The minimum Gasteiger partial charge on any atom is -0.456 e. The normalized spacial score (nSPS) is 9.47. The van der Waals surface area contributed by atoms with Crippen molar-refractivity contribution in [3.05, 3.63) is 23.5 Å². The summed E-state index contributed by atoms with van der Waals surface area (Å²) in [6.45, 7) is 0.894. The predicted octanol–water partition coefficient (Wildman–Crippen LogP) is 1.24. The second kappa shape index (κ2) is 5.31. The van der Waals surface area contributed by atoms with E-state index in [1.165, 1.54) is 13.1 Å². The maximum absolute atomic E-state index is 11.2. The van der Waals surface area contributed by atoms with Crippen LogP contribution in [0.15, 0.2) is 18.3 Å². The lowest BCUT2D eigenvalue weighted by Crippen LogP contribution is -2.20. The van der Waals surface area contributed by atoms with Crippen LogP contribution in [0.2, 0.25) is 5.15 Å². The summed E-state index contributed by atoms with van der Waals surface area (Å²) in [6, 6.07) is 3.23. The monoisotopic (exact) mass is 228 g/mol. The van der Waals surface area contributed by atoms with E-state index in [0.29, 0.717) is 5.69 Å². The first-order chi connectivity index (χ1) is 7.09. The quantitative estimate of drug-likeness (QED) is 0.624. The number of aromatic nitrogens is 1. The summed E-state index contributed by atoms with van der Waals surface area (Å²) in [6.07, 6.45) is 1.50. The van der Waals surface area contributed by atoms with Crippen LogP contribution in [0.3, 0.4) is 0 Å². The van der Waals surface area contributed by atoms with Crippen LogP contribution < -0.4 is 5.32 Å². The third kappa shape index (κ3) is 3.95. The van der Waals surface area contributed by atoms with Gasteiger partial charge in [0.1, 0.15) is 0 Å². The number of pyridine rings is 1. The van der Waals surface area contributed by atoms with Crippen molar-refractivity contribution in [3.63, 3.8) is 0 Å². The van der Waals surface area contributed by atoms with Gasteiger partial charge in [0.15, 0.2) is 11.8 Å². The highest BCUT2D eigenvalue weighted by molar-refractivity contribution is 6.32. The molecule has 1 heterocycles. The molecule has 0 fully saturated rings. The number of nitrogens with zero attached hydrogens (tertiary/aromatic N) is 1. The molecule has 1 N–H and O–H groups in total. The number of halogens is 1. The maximum Gasteiger partial charge on any atom is 0.303 e. The second-order valence-electron chi connectivity index (χ2n) is 2.67. The van der Waals surface area contributed by atoms with Gasteiger partial charge < -0.3 is 10.1 Å². The number of carbonyl (C=O) groups is 2. The van der Waals surface area contributed by atoms with Crippen LogP contribution in [-0.4, -0.2) is 23.5 Å². The van der Waals surface area contributed by atoms with Crippen LogP contribution in [-0.2, 0) is 14.3 Å². The van der Waals surface area contributed by atoms with E-state index in [2.05, 4.69) is 15.0 Å². The Bertz CT molecular complexity index is 381. The summed E-state index contributed by atoms with van der Waals surface area (Å²) >= 11 is 5.70. The van der Waals surface area contributed by atoms with Crippen molar-refractivity contribution in [3.8, 4) is 0 Å². The van der Waals surface area contributed by atoms with Crippen LogP contribution in [0.25, 0.3) is 0 Å². The zero-order chi connectivity index (χ0) is 11.3. The molecule has 0 bridgehead atoms. The van der Waals surface area contributed by atoms with Gasteiger partial charge in [-0.3, -0.25) is 9.59 Å². The van der Waals surface area contributed by atoms with Gasteiger partial charge in [-0.05, 0) is 12.1 Å². The molecule has 0 saturated carbocycles. The lowest BCUT2D eigenvalue weighted by atomic mass is 10.4. The first-order valence-electron chi connectivity index (χ1n) is 4.13. The lowest BCUT2D eigenvalue weighted by molar-refractivity contribution is -0.144. The van der Waals surface area contributed by atoms with E-state index >= 15 is 0 Å². The molecule has 6 heteroatoms. The Morgan fingerprint density at radius 2 is 2.33 bits per heavy atom. The average Bonchev–Trinajstić information content (AvgIpc) is 2.18. The van der Waals surface area contributed by atoms with Crippen LogP contribution >= 0.6 is 11.6 Å². The first-order valence-corrected chi connectivity index (χ1v) is 4.51. The van der Waals surface area contributed by atoms with Gasteiger partial charge in [-0.1, -0.05) is 11.6 Å². The number of rotatable bonds is 3. The van der Waals surface area contributed by atoms with Crippen LogP contribution in [0, 0.1) is 0 Å². The molecule has 0 aliphatic heterocycles. The number of ether oxygens (including phenoxy) is 1. The molecular formula is C9H9ClN2O3. The van der Waals surface area contributed by atoms with Crippen molar-refractivity contribution < 1.29 is 14.3 Å². The first kappa shape index (κ1) is 11.5. The Balaban J connectivity index is 2.52. The molecule has 1 aromatic heterocycles. The number of hydrogen-bond donors (Lipinski definition) is 1. The van der Waals surface area contributed by atoms with Crippen molar-refractivity contribution in [2.24, 2.45) is 0 Å². The standard InChI is InChI=1S/C9H9ClN2O3/c1-6(13)15-5-8(14)12-7-3-2-4-11-9(7)10/h2-4H,5H2,1H3,(H,12,14). The number of nitrogens with one attached hydrogen (secondary N) is 1. The summed E-state index contributed by atoms with van der Waals surface area (Å²) < 4.78 is 4.50. The Morgan fingerprint density at radius 3 is 2.93 bits per heavy atom. The molecule has 0 spiro atoms. The Hall–Kier alpha value is -1.62. The van der Waals surface area contributed by atoms with E-state index in [1.54, 1.807) is 12.1 Å². The molecule has 1 aromatic rings. The molecule has 5 nitrogen and oxygen atoms in total. The van der Waals surface area contributed by atoms with E-state index in [9.17, 15) is 9.59 Å². The maximum atomic E-state index is 11.2. The third-order valence-electron chi connectivity index (χ3n) is 1.44. The molecule has 80 valence electrons. The van der Waals surface area contributed by atoms with Gasteiger partial charge in [0.25, 0.3) is 5.91 Å². The van der Waals surface area contributed by atoms with E-state index in [-0.39, 0.29) is 11.8 Å². The van der Waals surface area contributed by atoms with Gasteiger partial charge in [0.05, 0.1) is 5.69 Å². The number of amides is 1. The fourth-order valence-electron chi connectivity index (χ4n) is 0.833. The number of anilines is 1. The zero-order valence-corrected chi connectivity index (χ0v) is 8.75. The summed E-state index contributed by atoms with van der Waals surface area (Å²) in [5.41, 5.74) is 0.385. The molecule has 15 heavy (non-hydrogen) atoms. The predicted molar refractivity (Wildman–Crippen MR) is 54.5 cm³/mol. The lowest BCUT2D eigenvalue weighted by Gasteiger charge is -2.05. The van der Waals surface area contributed by atoms with Crippen molar-refractivity contribution in [2.75, 3.05) is 11.9 Å². The number of carbonyl (C=O) groups excluding carboxylic acids is 2. The summed E-state index contributed by atoms with van der Waals surface area (Å²) in [5.74, 6) is -0.970. The molecule has 1 rings (SSSR count). The topological polar surface area (TPSA) is 68.3 Å². The summed E-state index contributed by atoms with van der Waals surface area (Å²) in [5, 5.41) is 2.64. The summed E-state index contributed by atoms with van der Waals surface area (Å²) in [7, 11) is 0. The van der Waals surface area contributed by atoms with Crippen molar-refractivity contribution in [1.82, 2.24) is 4.98 Å². The summed E-state index contributed by atoms with van der Waals surface area (Å²) in [4.78, 5) is 25.4. The smallest absolute Gasteiger partial charge is 0.303 e. The molecule has 0 atom stereocenters. The highest BCUT2D eigenvalue weighted by atomic mass is 35.5. The Morgan fingerprint density at radius 1 is 1.60 bits per heavy atom. The van der Waals surface area contributed by atoms with E-state index in [0.717, 1.165) is 0 Å². The van der Waals surface area contributed by atoms with Crippen molar-refractivity contribution >= 4 is 29.2 Å². The molecule has 0 unspecified atom stereocenters. The Labute approximate surface area is 91.4 Å². The molecule has 0 saturated heterocycles. The second-order valence-corrected chi connectivity index (χ2v) is 3.03. The van der Waals surface area contributed by atoms with Crippen LogP contribution in [0.1, 0.15) is 6.92 Å². The molecule has 0 aliphatic carbocycles. The number of hydrogen-bond acceptors (Lipinski definition) is 4. The van der Waals surface area contributed by atoms with Gasteiger partial charge in [0, 0.05) is 13.1 Å². The van der Waals surface area contributed by atoms with Crippen LogP contribution in [0.4, 0.5) is 5.69 Å². The highest BCUT2D eigenvalue weighted by Crippen LogP contribution is 2.16. The highest BCUT2D eigenvalue weighted by Gasteiger charge is 2.07. The fraction of sp³-hybridized carbons (Fsp3) is 0.222. The van der Waals surface area contributed by atoms with Gasteiger partial charge in [-0.2, -0.15) is 0 Å². The van der Waals surface area contributed by atoms with E-state index in [1.807, 2.05) is 0 Å². The van der Waals surface area contributed by atoms with Gasteiger partial charge in [-0.25, -0.2) is 4.98 Å².